The van der Waals surface area contributed by atoms with Gasteiger partial charge in [0.25, 0.3) is 6.43 Å². The summed E-state index contributed by atoms with van der Waals surface area (Å²) < 4.78 is 61.6. The maximum atomic E-state index is 12.4. The smallest absolute Gasteiger partial charge is 0.434 e. The van der Waals surface area contributed by atoms with Crippen LogP contribution in [-0.2, 0) is 6.18 Å². The van der Waals surface area contributed by atoms with Gasteiger partial charge in [0.05, 0.1) is 16.1 Å². The normalized spacial score (nSPS) is 11.9. The van der Waals surface area contributed by atoms with Gasteiger partial charge in [0.2, 0.25) is 0 Å². The Morgan fingerprint density at radius 2 is 1.94 bits per heavy atom. The molecule has 0 aliphatic rings. The topological polar surface area (TPSA) is 50.2 Å². The predicted octanol–water partition coefficient (Wildman–Crippen LogP) is 3.39. The van der Waals surface area contributed by atoms with Crippen LogP contribution < -0.4 is 0 Å². The van der Waals surface area contributed by atoms with Gasteiger partial charge in [-0.05, 0) is 0 Å². The van der Waals surface area contributed by atoms with Gasteiger partial charge in [0.15, 0.2) is 5.69 Å². The van der Waals surface area contributed by atoms with Gasteiger partial charge in [0, 0.05) is 6.20 Å². The molecule has 1 heterocycles. The summed E-state index contributed by atoms with van der Waals surface area (Å²) in [6.07, 6.45) is -8.14. The standard InChI is InChI=1S/C8H3ClF5NO2/c9-4-3(7(16)17)2(6(10)11)1-15-5(4)8(12,13)14/h1,6H,(H,16,17). The van der Waals surface area contributed by atoms with E-state index in [-0.39, 0.29) is 6.20 Å². The van der Waals surface area contributed by atoms with Gasteiger partial charge in [0.1, 0.15) is 0 Å². The summed E-state index contributed by atoms with van der Waals surface area (Å²) in [6, 6.07) is 0. The number of nitrogens with zero attached hydrogens (tertiary/aromatic N) is 1. The molecule has 3 nitrogen and oxygen atoms in total. The highest BCUT2D eigenvalue weighted by molar-refractivity contribution is 6.34. The zero-order valence-corrected chi connectivity index (χ0v) is 8.48. The van der Waals surface area contributed by atoms with E-state index < -0.39 is 40.4 Å². The van der Waals surface area contributed by atoms with Crippen molar-refractivity contribution in [2.45, 2.75) is 12.6 Å². The SMILES string of the molecule is O=C(O)c1c(C(F)F)cnc(C(F)(F)F)c1Cl. The Labute approximate surface area is 95.8 Å². The number of rotatable bonds is 2. The molecular weight excluding hydrogens is 273 g/mol. The Morgan fingerprint density at radius 1 is 1.41 bits per heavy atom. The summed E-state index contributed by atoms with van der Waals surface area (Å²) in [6.45, 7) is 0. The van der Waals surface area contributed by atoms with E-state index in [1.807, 2.05) is 0 Å². The lowest BCUT2D eigenvalue weighted by molar-refractivity contribution is -0.141. The number of carbonyl (C=O) groups is 1. The molecule has 0 unspecified atom stereocenters. The number of alkyl halides is 5. The maximum absolute atomic E-state index is 12.4. The van der Waals surface area contributed by atoms with Crippen LogP contribution in [0.3, 0.4) is 0 Å². The average molecular weight is 276 g/mol. The van der Waals surface area contributed by atoms with Crippen molar-refractivity contribution in [2.75, 3.05) is 0 Å². The molecule has 1 aromatic rings. The third-order valence-corrected chi connectivity index (χ3v) is 2.13. The van der Waals surface area contributed by atoms with Crippen LogP contribution in [0.15, 0.2) is 6.20 Å². The number of aromatic carboxylic acids is 1. The number of hydrogen-bond acceptors (Lipinski definition) is 2. The lowest BCUT2D eigenvalue weighted by atomic mass is 10.1. The average Bonchev–Trinajstić information content (AvgIpc) is 2.13. The molecule has 1 aromatic heterocycles. The lowest BCUT2D eigenvalue weighted by Crippen LogP contribution is -2.14. The molecular formula is C8H3ClF5NO2. The first-order valence-corrected chi connectivity index (χ1v) is 4.31. The Balaban J connectivity index is 3.56. The molecule has 1 N–H and O–H groups in total. The fraction of sp³-hybridized carbons (Fsp3) is 0.250. The van der Waals surface area contributed by atoms with E-state index >= 15 is 0 Å². The summed E-state index contributed by atoms with van der Waals surface area (Å²) in [5, 5.41) is 7.23. The van der Waals surface area contributed by atoms with E-state index in [1.54, 1.807) is 0 Å². The van der Waals surface area contributed by atoms with Crippen LogP contribution in [0.5, 0.6) is 0 Å². The van der Waals surface area contributed by atoms with Gasteiger partial charge in [-0.3, -0.25) is 0 Å². The molecule has 94 valence electrons. The monoisotopic (exact) mass is 275 g/mol. The van der Waals surface area contributed by atoms with E-state index in [0.29, 0.717) is 0 Å². The molecule has 0 amide bonds. The van der Waals surface area contributed by atoms with Crippen molar-refractivity contribution in [3.05, 3.63) is 28.0 Å². The van der Waals surface area contributed by atoms with Crippen LogP contribution in [0, 0.1) is 0 Å². The Hall–Kier alpha value is -1.44. The van der Waals surface area contributed by atoms with E-state index in [4.69, 9.17) is 16.7 Å². The second-order valence-corrected chi connectivity index (χ2v) is 3.23. The molecule has 0 saturated heterocycles. The Kier molecular flexibility index (Phi) is 3.56. The van der Waals surface area contributed by atoms with Crippen molar-refractivity contribution in [2.24, 2.45) is 0 Å². The number of carboxylic acid groups (broad SMARTS) is 1. The van der Waals surface area contributed by atoms with Gasteiger partial charge < -0.3 is 5.11 Å². The predicted molar refractivity (Wildman–Crippen MR) is 46.2 cm³/mol. The summed E-state index contributed by atoms with van der Waals surface area (Å²) in [5.41, 5.74) is -4.15. The lowest BCUT2D eigenvalue weighted by Gasteiger charge is -2.12. The first-order valence-electron chi connectivity index (χ1n) is 3.93. The maximum Gasteiger partial charge on any atom is 0.434 e. The Morgan fingerprint density at radius 3 is 2.29 bits per heavy atom. The molecule has 0 aromatic carbocycles. The first-order chi connectivity index (χ1) is 7.66. The highest BCUT2D eigenvalue weighted by Crippen LogP contribution is 2.37. The molecule has 1 rings (SSSR count). The van der Waals surface area contributed by atoms with Crippen molar-refractivity contribution in [3.8, 4) is 0 Å². The van der Waals surface area contributed by atoms with Gasteiger partial charge in [-0.2, -0.15) is 13.2 Å². The molecule has 17 heavy (non-hydrogen) atoms. The first kappa shape index (κ1) is 13.6. The Bertz CT molecular complexity index is 460. The summed E-state index contributed by atoms with van der Waals surface area (Å²) >= 11 is 5.14. The highest BCUT2D eigenvalue weighted by atomic mass is 35.5. The molecule has 9 heteroatoms. The number of hydrogen-bond donors (Lipinski definition) is 1. The van der Waals surface area contributed by atoms with Crippen molar-refractivity contribution in [1.82, 2.24) is 4.98 Å². The van der Waals surface area contributed by atoms with Crippen LogP contribution in [0.25, 0.3) is 0 Å². The van der Waals surface area contributed by atoms with Crippen molar-refractivity contribution < 1.29 is 31.9 Å². The third-order valence-electron chi connectivity index (χ3n) is 1.77. The molecule has 0 spiro atoms. The molecule has 0 saturated carbocycles. The molecule has 0 aliphatic carbocycles. The number of aromatic nitrogens is 1. The zero-order chi connectivity index (χ0) is 13.4. The van der Waals surface area contributed by atoms with E-state index in [1.165, 1.54) is 0 Å². The second kappa shape index (κ2) is 4.44. The molecule has 0 aliphatic heterocycles. The van der Waals surface area contributed by atoms with Crippen LogP contribution in [-0.4, -0.2) is 16.1 Å². The fourth-order valence-corrected chi connectivity index (χ4v) is 1.43. The number of carboxylic acids is 1. The number of halogens is 6. The van der Waals surface area contributed by atoms with Gasteiger partial charge in [-0.15, -0.1) is 0 Å². The summed E-state index contributed by atoms with van der Waals surface area (Å²) in [4.78, 5) is 13.3. The minimum atomic E-state index is -5.01. The second-order valence-electron chi connectivity index (χ2n) is 2.85. The van der Waals surface area contributed by atoms with Crippen LogP contribution in [0.2, 0.25) is 5.02 Å². The van der Waals surface area contributed by atoms with Gasteiger partial charge in [-0.25, -0.2) is 18.6 Å². The number of pyridine rings is 1. The van der Waals surface area contributed by atoms with Gasteiger partial charge >= 0.3 is 12.1 Å². The summed E-state index contributed by atoms with van der Waals surface area (Å²) in [7, 11) is 0. The third kappa shape index (κ3) is 2.63. The molecule has 0 atom stereocenters. The molecule has 0 radical (unpaired) electrons. The van der Waals surface area contributed by atoms with Crippen LogP contribution in [0.4, 0.5) is 22.0 Å². The molecule has 0 bridgehead atoms. The highest BCUT2D eigenvalue weighted by Gasteiger charge is 2.38. The van der Waals surface area contributed by atoms with Crippen LogP contribution in [0.1, 0.15) is 28.0 Å². The molecule has 0 fully saturated rings. The summed E-state index contributed by atoms with van der Waals surface area (Å²) in [5.74, 6) is -1.97. The quantitative estimate of drug-likeness (QED) is 0.842. The largest absolute Gasteiger partial charge is 0.478 e. The minimum absolute atomic E-state index is 0.156. The van der Waals surface area contributed by atoms with Crippen molar-refractivity contribution in [1.29, 1.82) is 0 Å². The minimum Gasteiger partial charge on any atom is -0.478 e. The van der Waals surface area contributed by atoms with Crippen LogP contribution >= 0.6 is 11.6 Å². The van der Waals surface area contributed by atoms with Crippen molar-refractivity contribution in [3.63, 3.8) is 0 Å². The van der Waals surface area contributed by atoms with E-state index in [2.05, 4.69) is 4.98 Å². The van der Waals surface area contributed by atoms with E-state index in [9.17, 15) is 26.7 Å². The van der Waals surface area contributed by atoms with E-state index in [0.717, 1.165) is 0 Å². The van der Waals surface area contributed by atoms with Crippen molar-refractivity contribution >= 4 is 17.6 Å². The zero-order valence-electron chi connectivity index (χ0n) is 7.73. The fourth-order valence-electron chi connectivity index (χ4n) is 1.08. The van der Waals surface area contributed by atoms with Gasteiger partial charge in [-0.1, -0.05) is 11.6 Å².